The van der Waals surface area contributed by atoms with E-state index in [1.807, 2.05) is 6.26 Å². The van der Waals surface area contributed by atoms with E-state index in [-0.39, 0.29) is 11.9 Å². The molecule has 0 aliphatic heterocycles. The summed E-state index contributed by atoms with van der Waals surface area (Å²) in [6.45, 7) is 0. The molecule has 0 fully saturated rings. The van der Waals surface area contributed by atoms with Gasteiger partial charge in [0, 0.05) is 16.3 Å². The Balaban J connectivity index is 2.92. The van der Waals surface area contributed by atoms with E-state index in [2.05, 4.69) is 5.43 Å². The Labute approximate surface area is 92.0 Å². The zero-order valence-electron chi connectivity index (χ0n) is 7.76. The van der Waals surface area contributed by atoms with Gasteiger partial charge in [0.1, 0.15) is 5.82 Å². The normalized spacial score (nSPS) is 12.9. The summed E-state index contributed by atoms with van der Waals surface area (Å²) in [5, 5.41) is 0.395. The summed E-state index contributed by atoms with van der Waals surface area (Å²) in [5.74, 6) is 5.73. The molecular weight excluding hydrogens is 223 g/mol. The lowest BCUT2D eigenvalue weighted by Gasteiger charge is -2.15. The second-order valence-electron chi connectivity index (χ2n) is 2.84. The molecule has 14 heavy (non-hydrogen) atoms. The Morgan fingerprint density at radius 2 is 2.36 bits per heavy atom. The fraction of sp³-hybridized carbons (Fsp3) is 0.333. The lowest BCUT2D eigenvalue weighted by molar-refractivity contribution is 0.547. The molecule has 1 unspecified atom stereocenters. The van der Waals surface area contributed by atoms with Gasteiger partial charge in [-0.25, -0.2) is 4.39 Å². The van der Waals surface area contributed by atoms with Gasteiger partial charge in [-0.05, 0) is 18.4 Å². The molecular formula is C9H12ClFN2S. The van der Waals surface area contributed by atoms with Crippen molar-refractivity contribution in [2.45, 2.75) is 6.04 Å². The summed E-state index contributed by atoms with van der Waals surface area (Å²) >= 11 is 7.24. The van der Waals surface area contributed by atoms with Gasteiger partial charge in [0.25, 0.3) is 0 Å². The quantitative estimate of drug-likeness (QED) is 0.621. The molecule has 3 N–H and O–H groups in total. The highest BCUT2D eigenvalue weighted by Gasteiger charge is 2.13. The molecule has 0 aliphatic carbocycles. The summed E-state index contributed by atoms with van der Waals surface area (Å²) in [6.07, 6.45) is 1.94. The summed E-state index contributed by atoms with van der Waals surface area (Å²) < 4.78 is 13.4. The fourth-order valence-corrected chi connectivity index (χ4v) is 1.95. The predicted octanol–water partition coefficient (Wildman–Crippen LogP) is 2.35. The van der Waals surface area contributed by atoms with Crippen LogP contribution in [0.5, 0.6) is 0 Å². The van der Waals surface area contributed by atoms with Crippen molar-refractivity contribution in [3.63, 3.8) is 0 Å². The van der Waals surface area contributed by atoms with E-state index >= 15 is 0 Å². The Kier molecular flexibility index (Phi) is 4.68. The Morgan fingerprint density at radius 3 is 2.86 bits per heavy atom. The van der Waals surface area contributed by atoms with E-state index in [9.17, 15) is 4.39 Å². The molecule has 1 rings (SSSR count). The highest BCUT2D eigenvalue weighted by molar-refractivity contribution is 7.98. The van der Waals surface area contributed by atoms with Crippen molar-refractivity contribution in [2.75, 3.05) is 12.0 Å². The second kappa shape index (κ2) is 5.56. The van der Waals surface area contributed by atoms with Crippen molar-refractivity contribution in [1.29, 1.82) is 0 Å². The molecule has 1 atom stereocenters. The first-order valence-corrected chi connectivity index (χ1v) is 5.86. The number of benzene rings is 1. The largest absolute Gasteiger partial charge is 0.271 e. The van der Waals surface area contributed by atoms with E-state index in [0.29, 0.717) is 10.6 Å². The van der Waals surface area contributed by atoms with E-state index in [1.165, 1.54) is 6.07 Å². The molecule has 0 saturated heterocycles. The zero-order valence-corrected chi connectivity index (χ0v) is 9.33. The number of halogens is 2. The van der Waals surface area contributed by atoms with E-state index < -0.39 is 0 Å². The number of nitrogens with two attached hydrogens (primary N) is 1. The molecule has 0 spiro atoms. The van der Waals surface area contributed by atoms with Gasteiger partial charge in [-0.2, -0.15) is 11.8 Å². The first-order valence-electron chi connectivity index (χ1n) is 4.09. The third-order valence-corrected chi connectivity index (χ3v) is 2.77. The highest BCUT2D eigenvalue weighted by Crippen LogP contribution is 2.22. The third kappa shape index (κ3) is 2.85. The molecule has 1 aromatic rings. The van der Waals surface area contributed by atoms with Gasteiger partial charge in [0.15, 0.2) is 0 Å². The lowest BCUT2D eigenvalue weighted by atomic mass is 10.1. The lowest BCUT2D eigenvalue weighted by Crippen LogP contribution is -2.30. The van der Waals surface area contributed by atoms with Gasteiger partial charge >= 0.3 is 0 Å². The Hall–Kier alpha value is -0.290. The number of nitrogens with one attached hydrogen (secondary N) is 1. The van der Waals surface area contributed by atoms with Crippen molar-refractivity contribution >= 4 is 23.4 Å². The molecule has 0 heterocycles. The number of hydrogen-bond acceptors (Lipinski definition) is 3. The summed E-state index contributed by atoms with van der Waals surface area (Å²) in [7, 11) is 0. The monoisotopic (exact) mass is 234 g/mol. The molecule has 0 radical (unpaired) electrons. The molecule has 0 bridgehead atoms. The fourth-order valence-electron chi connectivity index (χ4n) is 1.18. The van der Waals surface area contributed by atoms with Gasteiger partial charge in [0.05, 0.1) is 6.04 Å². The molecule has 1 aromatic carbocycles. The van der Waals surface area contributed by atoms with Crippen LogP contribution >= 0.6 is 23.4 Å². The summed E-state index contributed by atoms with van der Waals surface area (Å²) in [4.78, 5) is 0. The van der Waals surface area contributed by atoms with Crippen molar-refractivity contribution in [3.05, 3.63) is 34.6 Å². The Bertz CT molecular complexity index is 309. The van der Waals surface area contributed by atoms with Crippen molar-refractivity contribution in [1.82, 2.24) is 5.43 Å². The van der Waals surface area contributed by atoms with Crippen LogP contribution in [-0.2, 0) is 0 Å². The maximum atomic E-state index is 13.4. The molecule has 0 saturated carbocycles. The van der Waals surface area contributed by atoms with Crippen LogP contribution in [0.2, 0.25) is 5.02 Å². The maximum absolute atomic E-state index is 13.4. The molecule has 5 heteroatoms. The number of hydrogen-bond donors (Lipinski definition) is 2. The molecule has 0 amide bonds. The van der Waals surface area contributed by atoms with Gasteiger partial charge in [0.2, 0.25) is 0 Å². The average Bonchev–Trinajstić information content (AvgIpc) is 2.15. The van der Waals surface area contributed by atoms with Crippen LogP contribution in [0.25, 0.3) is 0 Å². The van der Waals surface area contributed by atoms with Crippen molar-refractivity contribution in [3.8, 4) is 0 Å². The average molecular weight is 235 g/mol. The SMILES string of the molecule is CSCC(NN)c1ccc(Cl)cc1F. The number of hydrazine groups is 1. The maximum Gasteiger partial charge on any atom is 0.129 e. The van der Waals surface area contributed by atoms with Crippen LogP contribution in [0, 0.1) is 5.82 Å². The van der Waals surface area contributed by atoms with Crippen molar-refractivity contribution in [2.24, 2.45) is 5.84 Å². The van der Waals surface area contributed by atoms with Crippen LogP contribution in [0.4, 0.5) is 4.39 Å². The first-order chi connectivity index (χ1) is 6.69. The summed E-state index contributed by atoms with van der Waals surface area (Å²) in [5.41, 5.74) is 3.12. The van der Waals surface area contributed by atoms with Gasteiger partial charge in [-0.15, -0.1) is 0 Å². The molecule has 78 valence electrons. The topological polar surface area (TPSA) is 38.0 Å². The van der Waals surface area contributed by atoms with Crippen LogP contribution in [0.15, 0.2) is 18.2 Å². The second-order valence-corrected chi connectivity index (χ2v) is 4.19. The minimum atomic E-state index is -0.325. The minimum Gasteiger partial charge on any atom is -0.271 e. The van der Waals surface area contributed by atoms with Gasteiger partial charge in [-0.3, -0.25) is 11.3 Å². The number of rotatable bonds is 4. The Morgan fingerprint density at radius 1 is 1.64 bits per heavy atom. The zero-order chi connectivity index (χ0) is 10.6. The predicted molar refractivity (Wildman–Crippen MR) is 59.9 cm³/mol. The van der Waals surface area contributed by atoms with E-state index in [0.717, 1.165) is 5.75 Å². The van der Waals surface area contributed by atoms with Gasteiger partial charge in [-0.1, -0.05) is 17.7 Å². The van der Waals surface area contributed by atoms with Crippen LogP contribution in [-0.4, -0.2) is 12.0 Å². The van der Waals surface area contributed by atoms with Gasteiger partial charge < -0.3 is 0 Å². The molecule has 0 aromatic heterocycles. The number of thioether (sulfide) groups is 1. The minimum absolute atomic E-state index is 0.178. The van der Waals surface area contributed by atoms with E-state index in [4.69, 9.17) is 17.4 Å². The standard InChI is InChI=1S/C9H12ClFN2S/c1-14-5-9(13-12)7-3-2-6(10)4-8(7)11/h2-4,9,13H,5,12H2,1H3. The van der Waals surface area contributed by atoms with Crippen LogP contribution in [0.3, 0.4) is 0 Å². The smallest absolute Gasteiger partial charge is 0.129 e. The highest BCUT2D eigenvalue weighted by atomic mass is 35.5. The van der Waals surface area contributed by atoms with E-state index in [1.54, 1.807) is 23.9 Å². The molecule has 2 nitrogen and oxygen atoms in total. The van der Waals surface area contributed by atoms with Crippen LogP contribution in [0.1, 0.15) is 11.6 Å². The van der Waals surface area contributed by atoms with Crippen molar-refractivity contribution < 1.29 is 4.39 Å². The third-order valence-electron chi connectivity index (χ3n) is 1.87. The van der Waals surface area contributed by atoms with Crippen LogP contribution < -0.4 is 11.3 Å². The first kappa shape index (κ1) is 11.8. The molecule has 0 aliphatic rings. The summed E-state index contributed by atoms with van der Waals surface area (Å²) in [6, 6.07) is 4.42.